The molecule has 0 aliphatic carbocycles. The third kappa shape index (κ3) is 2.28. The number of nitrogens with zero attached hydrogens (tertiary/aromatic N) is 3. The first-order valence-corrected chi connectivity index (χ1v) is 4.27. The zero-order valence-corrected chi connectivity index (χ0v) is 8.28. The van der Waals surface area contributed by atoms with E-state index in [0.29, 0.717) is 0 Å². The van der Waals surface area contributed by atoms with E-state index in [2.05, 4.69) is 4.98 Å². The lowest BCUT2D eigenvalue weighted by Crippen LogP contribution is -2.03. The number of hydrogen-bond donors (Lipinski definition) is 0. The summed E-state index contributed by atoms with van der Waals surface area (Å²) in [6.07, 6.45) is -3.10. The average Bonchev–Trinajstić information content (AvgIpc) is 2.16. The molecule has 0 spiro atoms. The van der Waals surface area contributed by atoms with Gasteiger partial charge in [0.2, 0.25) is 0 Å². The van der Waals surface area contributed by atoms with Crippen LogP contribution in [-0.4, -0.2) is 9.91 Å². The first kappa shape index (κ1) is 12.0. The fraction of sp³-hybridized carbons (Fsp3) is 0.333. The molecule has 0 amide bonds. The van der Waals surface area contributed by atoms with E-state index in [9.17, 15) is 18.9 Å². The minimum absolute atomic E-state index is 0.0447. The SMILES string of the molecule is Cc1nc([N+](=O)[O-])cc(CC#N)c1C(F)F. The van der Waals surface area contributed by atoms with Gasteiger partial charge < -0.3 is 10.1 Å². The van der Waals surface area contributed by atoms with E-state index in [1.54, 1.807) is 6.07 Å². The number of aryl methyl sites for hydroxylation is 1. The molecular weight excluding hydrogens is 220 g/mol. The Morgan fingerprint density at radius 3 is 2.75 bits per heavy atom. The Morgan fingerprint density at radius 2 is 2.31 bits per heavy atom. The topological polar surface area (TPSA) is 79.8 Å². The zero-order valence-electron chi connectivity index (χ0n) is 8.28. The van der Waals surface area contributed by atoms with Gasteiger partial charge in [-0.2, -0.15) is 5.26 Å². The molecule has 84 valence electrons. The van der Waals surface area contributed by atoms with E-state index in [-0.39, 0.29) is 17.7 Å². The van der Waals surface area contributed by atoms with Gasteiger partial charge >= 0.3 is 5.82 Å². The molecular formula is C9H7F2N3O2. The Morgan fingerprint density at radius 1 is 1.69 bits per heavy atom. The van der Waals surface area contributed by atoms with E-state index < -0.39 is 22.7 Å². The van der Waals surface area contributed by atoms with Crippen molar-refractivity contribution in [3.63, 3.8) is 0 Å². The molecule has 1 heterocycles. The number of alkyl halides is 2. The molecule has 16 heavy (non-hydrogen) atoms. The Balaban J connectivity index is 3.40. The maximum absolute atomic E-state index is 12.6. The number of halogens is 2. The molecule has 0 N–H and O–H groups in total. The van der Waals surface area contributed by atoms with E-state index in [1.807, 2.05) is 0 Å². The van der Waals surface area contributed by atoms with Crippen LogP contribution in [0.25, 0.3) is 0 Å². The molecule has 1 aromatic rings. The third-order valence-electron chi connectivity index (χ3n) is 2.00. The minimum Gasteiger partial charge on any atom is -0.358 e. The van der Waals surface area contributed by atoms with E-state index >= 15 is 0 Å². The molecule has 1 aromatic heterocycles. The Labute approximate surface area is 89.5 Å². The lowest BCUT2D eigenvalue weighted by Gasteiger charge is -2.06. The second-order valence-corrected chi connectivity index (χ2v) is 3.03. The summed E-state index contributed by atoms with van der Waals surface area (Å²) in [5, 5.41) is 18.9. The number of nitriles is 1. The molecule has 0 saturated carbocycles. The normalized spacial score (nSPS) is 10.2. The monoisotopic (exact) mass is 227 g/mol. The number of nitro groups is 1. The lowest BCUT2D eigenvalue weighted by atomic mass is 10.0. The quantitative estimate of drug-likeness (QED) is 0.586. The van der Waals surface area contributed by atoms with Crippen molar-refractivity contribution in [2.75, 3.05) is 0 Å². The van der Waals surface area contributed by atoms with Crippen molar-refractivity contribution >= 4 is 5.82 Å². The second-order valence-electron chi connectivity index (χ2n) is 3.03. The van der Waals surface area contributed by atoms with Crippen molar-refractivity contribution in [2.45, 2.75) is 19.8 Å². The van der Waals surface area contributed by atoms with Gasteiger partial charge in [-0.3, -0.25) is 0 Å². The van der Waals surface area contributed by atoms with Crippen molar-refractivity contribution in [3.8, 4) is 6.07 Å². The van der Waals surface area contributed by atoms with E-state index in [0.717, 1.165) is 6.07 Å². The summed E-state index contributed by atoms with van der Waals surface area (Å²) in [6.45, 7) is 1.26. The van der Waals surface area contributed by atoms with Crippen LogP contribution < -0.4 is 0 Å². The number of pyridine rings is 1. The van der Waals surface area contributed by atoms with Crippen molar-refractivity contribution in [1.82, 2.24) is 4.98 Å². The molecule has 0 unspecified atom stereocenters. The molecule has 0 aliphatic heterocycles. The zero-order chi connectivity index (χ0) is 12.3. The number of aromatic nitrogens is 1. The molecule has 0 fully saturated rings. The van der Waals surface area contributed by atoms with Gasteiger partial charge in [-0.25, -0.2) is 8.78 Å². The van der Waals surface area contributed by atoms with Gasteiger partial charge in [0.05, 0.1) is 18.1 Å². The standard InChI is InChI=1S/C9H7F2N3O2/c1-5-8(9(10)11)6(2-3-12)4-7(13-5)14(15)16/h4,9H,2H2,1H3. The Hall–Kier alpha value is -2.10. The van der Waals surface area contributed by atoms with Crippen molar-refractivity contribution in [1.29, 1.82) is 5.26 Å². The highest BCUT2D eigenvalue weighted by atomic mass is 19.3. The van der Waals surface area contributed by atoms with Gasteiger partial charge in [-0.15, -0.1) is 0 Å². The van der Waals surface area contributed by atoms with E-state index in [4.69, 9.17) is 5.26 Å². The summed E-state index contributed by atoms with van der Waals surface area (Å²) >= 11 is 0. The maximum Gasteiger partial charge on any atom is 0.363 e. The predicted octanol–water partition coefficient (Wildman–Crippen LogP) is 2.30. The fourth-order valence-electron chi connectivity index (χ4n) is 1.35. The maximum atomic E-state index is 12.6. The lowest BCUT2D eigenvalue weighted by molar-refractivity contribution is -0.389. The number of rotatable bonds is 3. The third-order valence-corrected chi connectivity index (χ3v) is 2.00. The molecule has 0 saturated heterocycles. The summed E-state index contributed by atoms with van der Waals surface area (Å²) in [4.78, 5) is 13.1. The molecule has 0 bridgehead atoms. The van der Waals surface area contributed by atoms with Crippen LogP contribution in [0.3, 0.4) is 0 Å². The van der Waals surface area contributed by atoms with Crippen LogP contribution in [0, 0.1) is 28.4 Å². The highest BCUT2D eigenvalue weighted by Crippen LogP contribution is 2.28. The summed E-state index contributed by atoms with van der Waals surface area (Å²) in [7, 11) is 0. The average molecular weight is 227 g/mol. The summed E-state index contributed by atoms with van der Waals surface area (Å²) in [6, 6.07) is 2.60. The van der Waals surface area contributed by atoms with Crippen LogP contribution in [0.2, 0.25) is 0 Å². The highest BCUT2D eigenvalue weighted by Gasteiger charge is 2.23. The summed E-state index contributed by atoms with van der Waals surface area (Å²) in [5.74, 6) is -0.521. The highest BCUT2D eigenvalue weighted by molar-refractivity contribution is 5.39. The largest absolute Gasteiger partial charge is 0.363 e. The van der Waals surface area contributed by atoms with Gasteiger partial charge in [0.1, 0.15) is 0 Å². The predicted molar refractivity (Wildman–Crippen MR) is 49.9 cm³/mol. The first-order chi connectivity index (χ1) is 7.47. The molecule has 5 nitrogen and oxygen atoms in total. The van der Waals surface area contributed by atoms with Crippen molar-refractivity contribution in [3.05, 3.63) is 33.0 Å². The Kier molecular flexibility index (Phi) is 3.45. The van der Waals surface area contributed by atoms with E-state index in [1.165, 1.54) is 6.92 Å². The molecule has 1 rings (SSSR count). The number of hydrogen-bond acceptors (Lipinski definition) is 4. The van der Waals surface area contributed by atoms with Crippen molar-refractivity contribution < 1.29 is 13.7 Å². The molecule has 0 atom stereocenters. The molecule has 7 heteroatoms. The first-order valence-electron chi connectivity index (χ1n) is 4.27. The molecule has 0 radical (unpaired) electrons. The van der Waals surface area contributed by atoms with Crippen LogP contribution in [0.1, 0.15) is 23.2 Å². The Bertz CT molecular complexity index is 469. The minimum atomic E-state index is -2.79. The fourth-order valence-corrected chi connectivity index (χ4v) is 1.35. The van der Waals surface area contributed by atoms with Crippen LogP contribution in [0.4, 0.5) is 14.6 Å². The van der Waals surface area contributed by atoms with Gasteiger partial charge in [0.15, 0.2) is 5.69 Å². The van der Waals surface area contributed by atoms with Crippen LogP contribution in [0.5, 0.6) is 0 Å². The van der Waals surface area contributed by atoms with Gasteiger partial charge in [-0.05, 0) is 15.5 Å². The van der Waals surface area contributed by atoms with Crippen LogP contribution in [0.15, 0.2) is 6.07 Å². The van der Waals surface area contributed by atoms with Crippen LogP contribution >= 0.6 is 0 Å². The van der Waals surface area contributed by atoms with Crippen LogP contribution in [-0.2, 0) is 6.42 Å². The summed E-state index contributed by atoms with van der Waals surface area (Å²) < 4.78 is 25.3. The van der Waals surface area contributed by atoms with Gasteiger partial charge in [0.25, 0.3) is 6.43 Å². The smallest absolute Gasteiger partial charge is 0.358 e. The van der Waals surface area contributed by atoms with Crippen molar-refractivity contribution in [2.24, 2.45) is 0 Å². The summed E-state index contributed by atoms with van der Waals surface area (Å²) in [5.41, 5.74) is -0.557. The van der Waals surface area contributed by atoms with Gasteiger partial charge in [-0.1, -0.05) is 0 Å². The molecule has 0 aliphatic rings. The van der Waals surface area contributed by atoms with Gasteiger partial charge in [0, 0.05) is 13.0 Å². The molecule has 0 aromatic carbocycles. The second kappa shape index (κ2) is 4.61.